The van der Waals surface area contributed by atoms with Gasteiger partial charge in [0, 0.05) is 26.2 Å². The lowest BCUT2D eigenvalue weighted by molar-refractivity contribution is -0.141. The number of likely N-dealkylation sites (tertiary alicyclic amines) is 1. The molecule has 1 unspecified atom stereocenters. The highest BCUT2D eigenvalue weighted by Gasteiger charge is 2.33. The summed E-state index contributed by atoms with van der Waals surface area (Å²) in [5.74, 6) is 0.120. The summed E-state index contributed by atoms with van der Waals surface area (Å²) in [6.07, 6.45) is 2.59. The number of thiazole rings is 1. The van der Waals surface area contributed by atoms with Crippen LogP contribution < -0.4 is 0 Å². The van der Waals surface area contributed by atoms with Gasteiger partial charge in [-0.05, 0) is 26.2 Å². The Balaban J connectivity index is 1.67. The molecule has 2 aliphatic heterocycles. The van der Waals surface area contributed by atoms with Gasteiger partial charge in [-0.25, -0.2) is 4.98 Å². The largest absolute Gasteiger partial charge is 0.378 e. The van der Waals surface area contributed by atoms with E-state index in [9.17, 15) is 9.59 Å². The van der Waals surface area contributed by atoms with Gasteiger partial charge in [0.15, 0.2) is 0 Å². The molecule has 0 radical (unpaired) electrons. The van der Waals surface area contributed by atoms with E-state index >= 15 is 0 Å². The Kier molecular flexibility index (Phi) is 5.50. The molecule has 132 valence electrons. The molecule has 2 amide bonds. The first-order valence-corrected chi connectivity index (χ1v) is 9.54. The Bertz CT molecular complexity index is 610. The summed E-state index contributed by atoms with van der Waals surface area (Å²) in [6, 6.07) is 0. The van der Waals surface area contributed by atoms with Gasteiger partial charge in [0.05, 0.1) is 29.8 Å². The van der Waals surface area contributed by atoms with Crippen molar-refractivity contribution in [2.75, 3.05) is 39.4 Å². The second-order valence-electron chi connectivity index (χ2n) is 6.40. The van der Waals surface area contributed by atoms with Crippen molar-refractivity contribution >= 4 is 23.2 Å². The van der Waals surface area contributed by atoms with Crippen LogP contribution in [0.1, 0.15) is 40.1 Å². The van der Waals surface area contributed by atoms with Gasteiger partial charge < -0.3 is 14.5 Å². The number of piperidine rings is 1. The van der Waals surface area contributed by atoms with Gasteiger partial charge in [0.2, 0.25) is 5.91 Å². The fraction of sp³-hybridized carbons (Fsp3) is 0.706. The molecule has 6 nitrogen and oxygen atoms in total. The van der Waals surface area contributed by atoms with Crippen molar-refractivity contribution in [2.45, 2.75) is 33.1 Å². The van der Waals surface area contributed by atoms with Gasteiger partial charge >= 0.3 is 0 Å². The topological polar surface area (TPSA) is 62.7 Å². The highest BCUT2D eigenvalue weighted by atomic mass is 32.1. The van der Waals surface area contributed by atoms with E-state index < -0.39 is 0 Å². The molecule has 2 aliphatic rings. The number of nitrogens with zero attached hydrogens (tertiary/aromatic N) is 3. The molecule has 24 heavy (non-hydrogen) atoms. The van der Waals surface area contributed by atoms with E-state index in [1.165, 1.54) is 11.3 Å². The summed E-state index contributed by atoms with van der Waals surface area (Å²) in [4.78, 5) is 34.5. The van der Waals surface area contributed by atoms with Crippen LogP contribution in [0.2, 0.25) is 0 Å². The molecule has 0 N–H and O–H groups in total. The number of rotatable bonds is 3. The van der Waals surface area contributed by atoms with Gasteiger partial charge in [-0.15, -0.1) is 11.3 Å². The highest BCUT2D eigenvalue weighted by molar-refractivity contribution is 7.13. The maximum atomic E-state index is 12.8. The number of ether oxygens (including phenoxy) is 1. The van der Waals surface area contributed by atoms with Crippen LogP contribution in [-0.4, -0.2) is 66.0 Å². The van der Waals surface area contributed by atoms with Gasteiger partial charge in [0.25, 0.3) is 5.91 Å². The molecule has 2 fully saturated rings. The van der Waals surface area contributed by atoms with E-state index in [4.69, 9.17) is 4.74 Å². The van der Waals surface area contributed by atoms with Crippen molar-refractivity contribution in [3.63, 3.8) is 0 Å². The molecule has 7 heteroatoms. The van der Waals surface area contributed by atoms with Crippen LogP contribution >= 0.6 is 11.3 Å². The lowest BCUT2D eigenvalue weighted by Crippen LogP contribution is -2.49. The third-order valence-electron chi connectivity index (χ3n) is 4.72. The third-order valence-corrected chi connectivity index (χ3v) is 6.01. The van der Waals surface area contributed by atoms with Crippen molar-refractivity contribution in [1.29, 1.82) is 0 Å². The summed E-state index contributed by atoms with van der Waals surface area (Å²) in [7, 11) is 0. The SMILES string of the molecule is CCc1nc(C)c(C(=O)N2CCCC(C(=O)N3CCOCC3)C2)s1. The van der Waals surface area contributed by atoms with Crippen molar-refractivity contribution in [2.24, 2.45) is 5.92 Å². The minimum absolute atomic E-state index is 0.0316. The Labute approximate surface area is 146 Å². The summed E-state index contributed by atoms with van der Waals surface area (Å²) >= 11 is 1.48. The number of hydrogen-bond donors (Lipinski definition) is 0. The summed E-state index contributed by atoms with van der Waals surface area (Å²) in [5, 5.41) is 0.994. The average molecular weight is 351 g/mol. The molecule has 2 saturated heterocycles. The number of morpholine rings is 1. The summed E-state index contributed by atoms with van der Waals surface area (Å²) in [6.45, 7) is 7.74. The van der Waals surface area contributed by atoms with Gasteiger partial charge in [-0.3, -0.25) is 9.59 Å². The molecule has 0 aliphatic carbocycles. The minimum Gasteiger partial charge on any atom is -0.378 e. The van der Waals surface area contributed by atoms with Crippen LogP contribution in [0.15, 0.2) is 0 Å². The minimum atomic E-state index is -0.0836. The fourth-order valence-electron chi connectivity index (χ4n) is 3.35. The Morgan fingerprint density at radius 2 is 2.00 bits per heavy atom. The number of hydrogen-bond acceptors (Lipinski definition) is 5. The molecular formula is C17H25N3O3S. The molecular weight excluding hydrogens is 326 g/mol. The van der Waals surface area contributed by atoms with Gasteiger partial charge in [0.1, 0.15) is 4.88 Å². The first-order valence-electron chi connectivity index (χ1n) is 8.72. The lowest BCUT2D eigenvalue weighted by atomic mass is 9.96. The smallest absolute Gasteiger partial charge is 0.265 e. The van der Waals surface area contributed by atoms with Crippen molar-refractivity contribution in [3.8, 4) is 0 Å². The van der Waals surface area contributed by atoms with Crippen LogP contribution in [0.5, 0.6) is 0 Å². The fourth-order valence-corrected chi connectivity index (χ4v) is 4.32. The average Bonchev–Trinajstić information content (AvgIpc) is 3.02. The van der Waals surface area contributed by atoms with Crippen LogP contribution in [0, 0.1) is 12.8 Å². The van der Waals surface area contributed by atoms with Crippen LogP contribution in [0.4, 0.5) is 0 Å². The number of aromatic nitrogens is 1. The second-order valence-corrected chi connectivity index (χ2v) is 7.49. The molecule has 1 atom stereocenters. The maximum absolute atomic E-state index is 12.8. The van der Waals surface area contributed by atoms with Crippen LogP contribution in [-0.2, 0) is 16.0 Å². The maximum Gasteiger partial charge on any atom is 0.265 e. The first kappa shape index (κ1) is 17.4. The van der Waals surface area contributed by atoms with E-state index in [0.717, 1.165) is 41.4 Å². The standard InChI is InChI=1S/C17H25N3O3S/c1-3-14-18-12(2)15(24-14)17(22)20-6-4-5-13(11-20)16(21)19-7-9-23-10-8-19/h13H,3-11H2,1-2H3. The van der Waals surface area contributed by atoms with E-state index in [2.05, 4.69) is 4.98 Å². The Hall–Kier alpha value is -1.47. The normalized spacial score (nSPS) is 21.8. The van der Waals surface area contributed by atoms with Crippen molar-refractivity contribution in [1.82, 2.24) is 14.8 Å². The van der Waals surface area contributed by atoms with E-state index in [0.29, 0.717) is 32.8 Å². The second kappa shape index (κ2) is 7.61. The number of aryl methyl sites for hydroxylation is 2. The van der Waals surface area contributed by atoms with E-state index in [1.54, 1.807) is 0 Å². The first-order chi connectivity index (χ1) is 11.6. The van der Waals surface area contributed by atoms with Gasteiger partial charge in [-0.2, -0.15) is 0 Å². The number of carbonyl (C=O) groups excluding carboxylic acids is 2. The Morgan fingerprint density at radius 1 is 1.25 bits per heavy atom. The molecule has 3 heterocycles. The quantitative estimate of drug-likeness (QED) is 0.832. The van der Waals surface area contributed by atoms with E-state index in [1.807, 2.05) is 23.6 Å². The third kappa shape index (κ3) is 3.62. The zero-order chi connectivity index (χ0) is 17.1. The zero-order valence-corrected chi connectivity index (χ0v) is 15.2. The molecule has 1 aromatic rings. The highest BCUT2D eigenvalue weighted by Crippen LogP contribution is 2.25. The van der Waals surface area contributed by atoms with Crippen LogP contribution in [0.25, 0.3) is 0 Å². The predicted molar refractivity (Wildman–Crippen MR) is 92.3 cm³/mol. The summed E-state index contributed by atoms with van der Waals surface area (Å²) < 4.78 is 5.32. The Morgan fingerprint density at radius 3 is 2.67 bits per heavy atom. The van der Waals surface area contributed by atoms with Crippen molar-refractivity contribution in [3.05, 3.63) is 15.6 Å². The zero-order valence-electron chi connectivity index (χ0n) is 14.4. The molecule has 0 aromatic carbocycles. The number of carbonyl (C=O) groups is 2. The van der Waals surface area contributed by atoms with Crippen LogP contribution in [0.3, 0.4) is 0 Å². The number of amides is 2. The molecule has 0 saturated carbocycles. The van der Waals surface area contributed by atoms with E-state index in [-0.39, 0.29) is 17.7 Å². The van der Waals surface area contributed by atoms with Gasteiger partial charge in [-0.1, -0.05) is 6.92 Å². The molecule has 0 spiro atoms. The molecule has 1 aromatic heterocycles. The van der Waals surface area contributed by atoms with Crippen molar-refractivity contribution < 1.29 is 14.3 Å². The predicted octanol–water partition coefficient (Wildman–Crippen LogP) is 1.72. The molecule has 0 bridgehead atoms. The molecule has 3 rings (SSSR count). The summed E-state index contributed by atoms with van der Waals surface area (Å²) in [5.41, 5.74) is 0.809. The monoisotopic (exact) mass is 351 g/mol. The lowest BCUT2D eigenvalue weighted by Gasteiger charge is -2.36.